The van der Waals surface area contributed by atoms with Crippen LogP contribution in [0.15, 0.2) is 0 Å². The second-order valence-corrected chi connectivity index (χ2v) is 15.2. The third kappa shape index (κ3) is 5.47. The summed E-state index contributed by atoms with van der Waals surface area (Å²) in [5, 5.41) is 10.4. The van der Waals surface area contributed by atoms with Crippen LogP contribution in [0.2, 0.25) is 0 Å². The minimum Gasteiger partial charge on any atom is -0.303 e. The van der Waals surface area contributed by atoms with Gasteiger partial charge in [0.2, 0.25) is 0 Å². The van der Waals surface area contributed by atoms with Crippen LogP contribution in [-0.2, 0) is 0 Å². The normalized spacial score (nSPS) is 40.1. The molecule has 0 bridgehead atoms. The Bertz CT molecular complexity index is 776. The number of piperidine rings is 1. The quantitative estimate of drug-likeness (QED) is 0.587. The molecule has 0 spiro atoms. The van der Waals surface area contributed by atoms with Gasteiger partial charge in [0.15, 0.2) is 0 Å². The van der Waals surface area contributed by atoms with Crippen molar-refractivity contribution in [1.82, 2.24) is 19.6 Å². The fourth-order valence-corrected chi connectivity index (χ4v) is 8.74. The summed E-state index contributed by atoms with van der Waals surface area (Å²) in [4.78, 5) is 10.9. The number of nitrogens with zero attached hydrogens (tertiary/aromatic N) is 5. The largest absolute Gasteiger partial charge is 0.303 e. The van der Waals surface area contributed by atoms with E-state index >= 15 is 0 Å². The van der Waals surface area contributed by atoms with Crippen molar-refractivity contribution in [3.05, 3.63) is 0 Å². The second kappa shape index (κ2) is 9.57. The molecule has 5 heteroatoms. The molecule has 35 heavy (non-hydrogen) atoms. The second-order valence-electron chi connectivity index (χ2n) is 15.2. The lowest BCUT2D eigenvalue weighted by Gasteiger charge is -2.45. The van der Waals surface area contributed by atoms with Crippen molar-refractivity contribution in [3.63, 3.8) is 0 Å². The van der Waals surface area contributed by atoms with Gasteiger partial charge >= 0.3 is 0 Å². The molecule has 4 aliphatic heterocycles. The molecular formula is C30H53N5. The van der Waals surface area contributed by atoms with E-state index in [0.29, 0.717) is 11.5 Å². The van der Waals surface area contributed by atoms with Crippen molar-refractivity contribution in [3.8, 4) is 6.07 Å². The van der Waals surface area contributed by atoms with Crippen LogP contribution in [-0.4, -0.2) is 95.6 Å². The minimum atomic E-state index is -0.111. The van der Waals surface area contributed by atoms with E-state index in [1.807, 2.05) is 0 Å². The highest BCUT2D eigenvalue weighted by Crippen LogP contribution is 2.43. The summed E-state index contributed by atoms with van der Waals surface area (Å²) < 4.78 is 0. The number of hydrogen-bond acceptors (Lipinski definition) is 5. The van der Waals surface area contributed by atoms with Gasteiger partial charge in [0.25, 0.3) is 0 Å². The average molecular weight is 484 g/mol. The van der Waals surface area contributed by atoms with Gasteiger partial charge < -0.3 is 9.80 Å². The maximum Gasteiger partial charge on any atom is 0.0703 e. The molecule has 5 fully saturated rings. The predicted octanol–water partition coefficient (Wildman–Crippen LogP) is 4.54. The van der Waals surface area contributed by atoms with Gasteiger partial charge in [0.05, 0.1) is 11.5 Å². The molecule has 5 aliphatic rings. The van der Waals surface area contributed by atoms with E-state index in [2.05, 4.69) is 67.2 Å². The highest BCUT2D eigenvalue weighted by molar-refractivity contribution is 5.07. The van der Waals surface area contributed by atoms with Crippen LogP contribution in [0.3, 0.4) is 0 Å². The van der Waals surface area contributed by atoms with Crippen LogP contribution in [0.25, 0.3) is 0 Å². The van der Waals surface area contributed by atoms with Gasteiger partial charge in [0.1, 0.15) is 0 Å². The zero-order valence-electron chi connectivity index (χ0n) is 23.7. The lowest BCUT2D eigenvalue weighted by molar-refractivity contribution is 0.0424. The molecule has 198 valence electrons. The lowest BCUT2D eigenvalue weighted by atomic mass is 9.70. The summed E-state index contributed by atoms with van der Waals surface area (Å²) >= 11 is 0. The summed E-state index contributed by atoms with van der Waals surface area (Å²) in [6, 6.07) is 3.68. The van der Waals surface area contributed by atoms with Crippen molar-refractivity contribution < 1.29 is 0 Å². The minimum absolute atomic E-state index is 0.111. The monoisotopic (exact) mass is 483 g/mol. The molecular weight excluding hydrogens is 430 g/mol. The molecule has 0 radical (unpaired) electrons. The Hall–Kier alpha value is -0.670. The Morgan fingerprint density at radius 3 is 2.11 bits per heavy atom. The van der Waals surface area contributed by atoms with Crippen LogP contribution in [0.5, 0.6) is 0 Å². The van der Waals surface area contributed by atoms with Gasteiger partial charge in [-0.15, -0.1) is 0 Å². The van der Waals surface area contributed by atoms with Crippen LogP contribution >= 0.6 is 0 Å². The third-order valence-electron chi connectivity index (χ3n) is 10.5. The fourth-order valence-electron chi connectivity index (χ4n) is 8.74. The summed E-state index contributed by atoms with van der Waals surface area (Å²) in [6.45, 7) is 25.2. The van der Waals surface area contributed by atoms with Gasteiger partial charge in [-0.1, -0.05) is 6.42 Å². The first kappa shape index (κ1) is 26.0. The van der Waals surface area contributed by atoms with Gasteiger partial charge in [-0.2, -0.15) is 5.26 Å². The topological polar surface area (TPSA) is 36.8 Å². The van der Waals surface area contributed by atoms with E-state index in [0.717, 1.165) is 43.2 Å². The summed E-state index contributed by atoms with van der Waals surface area (Å²) in [5.41, 5.74) is 0.480. The van der Waals surface area contributed by atoms with Crippen LogP contribution in [0.1, 0.15) is 80.1 Å². The first-order valence-corrected chi connectivity index (χ1v) is 14.8. The SMILES string of the molecule is CC(C)(C)N1C[C@H]2CN(CC3(C#N)CCCC(CN4CC[C@H]5[C@H](CCN5C(C)(C)C)C4)C3)C[C@H]2C1. The first-order chi connectivity index (χ1) is 16.5. The molecule has 5 nitrogen and oxygen atoms in total. The molecule has 1 aliphatic carbocycles. The third-order valence-corrected chi connectivity index (χ3v) is 10.5. The van der Waals surface area contributed by atoms with Crippen molar-refractivity contribution in [2.45, 2.75) is 97.2 Å². The molecule has 0 aromatic heterocycles. The molecule has 0 amide bonds. The lowest BCUT2D eigenvalue weighted by Crippen LogP contribution is -2.52. The molecule has 0 aromatic rings. The van der Waals surface area contributed by atoms with E-state index < -0.39 is 0 Å². The van der Waals surface area contributed by atoms with E-state index in [-0.39, 0.29) is 11.0 Å². The molecule has 1 saturated carbocycles. The molecule has 4 heterocycles. The number of rotatable bonds is 4. The highest BCUT2D eigenvalue weighted by atomic mass is 15.3. The number of nitriles is 1. The average Bonchev–Trinajstić information content (AvgIpc) is 3.46. The number of fused-ring (bicyclic) bond motifs is 2. The van der Waals surface area contributed by atoms with Crippen LogP contribution in [0, 0.1) is 40.4 Å². The zero-order chi connectivity index (χ0) is 25.0. The van der Waals surface area contributed by atoms with Crippen LogP contribution < -0.4 is 0 Å². The Balaban J connectivity index is 1.13. The molecule has 0 aromatic carbocycles. The van der Waals surface area contributed by atoms with Crippen molar-refractivity contribution in [1.29, 1.82) is 5.26 Å². The Morgan fingerprint density at radius 1 is 0.800 bits per heavy atom. The first-order valence-electron chi connectivity index (χ1n) is 14.8. The zero-order valence-corrected chi connectivity index (χ0v) is 23.7. The van der Waals surface area contributed by atoms with E-state index in [4.69, 9.17) is 0 Å². The van der Waals surface area contributed by atoms with Crippen molar-refractivity contribution in [2.75, 3.05) is 58.9 Å². The summed E-state index contributed by atoms with van der Waals surface area (Å²) in [7, 11) is 0. The molecule has 5 rings (SSSR count). The van der Waals surface area contributed by atoms with Crippen LogP contribution in [0.4, 0.5) is 0 Å². The number of hydrogen-bond donors (Lipinski definition) is 0. The molecule has 6 atom stereocenters. The molecule has 0 N–H and O–H groups in total. The summed E-state index contributed by atoms with van der Waals surface area (Å²) in [5.74, 6) is 3.18. The van der Waals surface area contributed by atoms with E-state index in [9.17, 15) is 5.26 Å². The Kier molecular flexibility index (Phi) is 7.10. The van der Waals surface area contributed by atoms with Gasteiger partial charge in [-0.25, -0.2) is 0 Å². The van der Waals surface area contributed by atoms with Crippen molar-refractivity contribution in [2.24, 2.45) is 29.1 Å². The standard InChI is InChI=1S/C30H53N5/c1-28(2,3)34-19-25-17-33(18-26(25)20-34)22-30(21-31)11-7-8-23(14-30)15-32-12-10-27-24(16-32)9-13-35(27)29(4,5)6/h23-27H,7-20,22H2,1-6H3/t23?,24-,25-,26+,27+,30?/m1/s1. The molecule has 2 unspecified atom stereocenters. The maximum absolute atomic E-state index is 10.4. The Morgan fingerprint density at radius 2 is 1.49 bits per heavy atom. The van der Waals surface area contributed by atoms with Crippen molar-refractivity contribution >= 4 is 0 Å². The predicted molar refractivity (Wildman–Crippen MR) is 144 cm³/mol. The molecule has 4 saturated heterocycles. The Labute approximate surface area is 216 Å². The van der Waals surface area contributed by atoms with Gasteiger partial charge in [-0.3, -0.25) is 9.80 Å². The van der Waals surface area contributed by atoms with Gasteiger partial charge in [0, 0.05) is 62.9 Å². The fraction of sp³-hybridized carbons (Fsp3) is 0.967. The van der Waals surface area contributed by atoms with Gasteiger partial charge in [-0.05, 0) is 110 Å². The van der Waals surface area contributed by atoms with E-state index in [1.54, 1.807) is 0 Å². The number of likely N-dealkylation sites (tertiary alicyclic amines) is 4. The summed E-state index contributed by atoms with van der Waals surface area (Å²) in [6.07, 6.45) is 7.52. The van der Waals surface area contributed by atoms with E-state index in [1.165, 1.54) is 78.0 Å². The highest BCUT2D eigenvalue weighted by Gasteiger charge is 2.47. The smallest absolute Gasteiger partial charge is 0.0703 e. The maximum atomic E-state index is 10.4.